The van der Waals surface area contributed by atoms with Crippen molar-refractivity contribution in [3.63, 3.8) is 0 Å². The zero-order valence-corrected chi connectivity index (χ0v) is 16.1. The number of aliphatic hydroxyl groups excluding tert-OH is 2. The van der Waals surface area contributed by atoms with Crippen LogP contribution in [0.2, 0.25) is 0 Å². The molecule has 158 valence electrons. The number of aliphatic hydroxyl groups is 2. The Morgan fingerprint density at radius 1 is 1.34 bits per heavy atom. The number of amides is 1. The fourth-order valence-corrected chi connectivity index (χ4v) is 3.36. The number of hydrogen-bond acceptors (Lipinski definition) is 10. The summed E-state index contributed by atoms with van der Waals surface area (Å²) in [5.74, 6) is 0.564. The number of carbonyl (C=O) groups excluding carboxylic acids is 1. The number of carbonyl (C=O) groups is 1. The van der Waals surface area contributed by atoms with E-state index in [2.05, 4.69) is 20.3 Å². The standard InChI is InChI=1S/C17H24N6O6/c1-22(2)17(26)28-6-10-12(24)13(25)16(29-10)23-8-20-11-14(18-7-19-15(11)23)21-9-3-4-27-5-9/h7-10,12-13,16,24-25H,3-6H2,1-2H3,(H,18,19,21)/t9-,10-,12-,13-,16-/m1/s1. The van der Waals surface area contributed by atoms with E-state index < -0.39 is 30.6 Å². The van der Waals surface area contributed by atoms with Gasteiger partial charge in [0.1, 0.15) is 31.2 Å². The average Bonchev–Trinajstić information content (AvgIpc) is 3.42. The first kappa shape index (κ1) is 19.8. The van der Waals surface area contributed by atoms with Crippen molar-refractivity contribution in [2.75, 3.05) is 39.2 Å². The largest absolute Gasteiger partial charge is 0.447 e. The monoisotopic (exact) mass is 408 g/mol. The highest BCUT2D eigenvalue weighted by atomic mass is 16.6. The smallest absolute Gasteiger partial charge is 0.409 e. The molecule has 1 amide bonds. The Morgan fingerprint density at radius 2 is 2.17 bits per heavy atom. The lowest BCUT2D eigenvalue weighted by Gasteiger charge is -2.17. The van der Waals surface area contributed by atoms with E-state index in [0.29, 0.717) is 30.2 Å². The summed E-state index contributed by atoms with van der Waals surface area (Å²) in [5.41, 5.74) is 0.968. The minimum Gasteiger partial charge on any atom is -0.447 e. The molecule has 2 aliphatic rings. The molecule has 12 nitrogen and oxygen atoms in total. The van der Waals surface area contributed by atoms with Crippen molar-refractivity contribution in [2.24, 2.45) is 0 Å². The van der Waals surface area contributed by atoms with Crippen LogP contribution < -0.4 is 5.32 Å². The molecule has 2 saturated heterocycles. The predicted molar refractivity (Wildman–Crippen MR) is 99.1 cm³/mol. The van der Waals surface area contributed by atoms with Crippen LogP contribution in [0.5, 0.6) is 0 Å². The van der Waals surface area contributed by atoms with Gasteiger partial charge in [-0.05, 0) is 6.42 Å². The lowest BCUT2D eigenvalue weighted by atomic mass is 10.1. The molecule has 0 bridgehead atoms. The summed E-state index contributed by atoms with van der Waals surface area (Å²) in [5, 5.41) is 24.1. The molecule has 2 aromatic rings. The number of nitrogens with one attached hydrogen (secondary N) is 1. The van der Waals surface area contributed by atoms with Gasteiger partial charge in [0.05, 0.1) is 19.0 Å². The number of hydrogen-bond donors (Lipinski definition) is 3. The maximum absolute atomic E-state index is 11.6. The van der Waals surface area contributed by atoms with E-state index in [1.807, 2.05) is 0 Å². The molecule has 5 atom stereocenters. The van der Waals surface area contributed by atoms with Gasteiger partial charge in [-0.15, -0.1) is 0 Å². The SMILES string of the molecule is CN(C)C(=O)OC[C@H]1O[C@@H](n2cnc3c(N[C@@H]4CCOC4)ncnc32)[C@H](O)[C@@H]1O. The zero-order valence-electron chi connectivity index (χ0n) is 16.1. The molecular weight excluding hydrogens is 384 g/mol. The van der Waals surface area contributed by atoms with Gasteiger partial charge in [0.2, 0.25) is 0 Å². The van der Waals surface area contributed by atoms with E-state index in [-0.39, 0.29) is 12.6 Å². The molecule has 2 aliphatic heterocycles. The molecule has 0 spiro atoms. The Hall–Kier alpha value is -2.54. The molecule has 0 aliphatic carbocycles. The van der Waals surface area contributed by atoms with Crippen LogP contribution in [-0.4, -0.2) is 99.0 Å². The molecule has 29 heavy (non-hydrogen) atoms. The van der Waals surface area contributed by atoms with Gasteiger partial charge in [-0.3, -0.25) is 4.57 Å². The fourth-order valence-electron chi connectivity index (χ4n) is 3.36. The molecule has 4 rings (SSSR count). The molecule has 12 heteroatoms. The minimum atomic E-state index is -1.25. The summed E-state index contributed by atoms with van der Waals surface area (Å²) in [6, 6.07) is 0.143. The molecule has 3 N–H and O–H groups in total. The number of nitrogens with zero attached hydrogens (tertiary/aromatic N) is 5. The van der Waals surface area contributed by atoms with Gasteiger partial charge in [-0.2, -0.15) is 0 Å². The van der Waals surface area contributed by atoms with Gasteiger partial charge in [-0.1, -0.05) is 0 Å². The molecule has 4 heterocycles. The third kappa shape index (κ3) is 3.83. The van der Waals surface area contributed by atoms with Gasteiger partial charge in [0.15, 0.2) is 23.2 Å². The Kier molecular flexibility index (Phi) is 5.50. The topological polar surface area (TPSA) is 144 Å². The number of anilines is 1. The highest BCUT2D eigenvalue weighted by Gasteiger charge is 2.45. The summed E-state index contributed by atoms with van der Waals surface area (Å²) in [4.78, 5) is 25.7. The van der Waals surface area contributed by atoms with Crippen LogP contribution in [0.3, 0.4) is 0 Å². The number of ether oxygens (including phenoxy) is 3. The lowest BCUT2D eigenvalue weighted by Crippen LogP contribution is -2.35. The van der Waals surface area contributed by atoms with Crippen molar-refractivity contribution in [3.8, 4) is 0 Å². The maximum atomic E-state index is 11.6. The van der Waals surface area contributed by atoms with Crippen molar-refractivity contribution in [3.05, 3.63) is 12.7 Å². The third-order valence-electron chi connectivity index (χ3n) is 4.98. The first-order valence-corrected chi connectivity index (χ1v) is 9.33. The molecule has 0 saturated carbocycles. The zero-order chi connectivity index (χ0) is 20.5. The van der Waals surface area contributed by atoms with Crippen molar-refractivity contribution < 1.29 is 29.2 Å². The first-order chi connectivity index (χ1) is 14.0. The summed E-state index contributed by atoms with van der Waals surface area (Å²) >= 11 is 0. The van der Waals surface area contributed by atoms with Crippen LogP contribution in [0.4, 0.5) is 10.6 Å². The highest BCUT2D eigenvalue weighted by Crippen LogP contribution is 2.32. The van der Waals surface area contributed by atoms with Crippen LogP contribution in [0.25, 0.3) is 11.2 Å². The van der Waals surface area contributed by atoms with Crippen molar-refractivity contribution in [1.82, 2.24) is 24.4 Å². The van der Waals surface area contributed by atoms with E-state index in [1.54, 1.807) is 14.1 Å². The van der Waals surface area contributed by atoms with Crippen LogP contribution in [0, 0.1) is 0 Å². The maximum Gasteiger partial charge on any atom is 0.409 e. The summed E-state index contributed by atoms with van der Waals surface area (Å²) in [6.45, 7) is 1.10. The van der Waals surface area contributed by atoms with Gasteiger partial charge in [-0.25, -0.2) is 19.7 Å². The second-order valence-corrected chi connectivity index (χ2v) is 7.27. The molecular formula is C17H24N6O6. The third-order valence-corrected chi connectivity index (χ3v) is 4.98. The average molecular weight is 408 g/mol. The van der Waals surface area contributed by atoms with E-state index in [0.717, 1.165) is 6.42 Å². The summed E-state index contributed by atoms with van der Waals surface area (Å²) in [7, 11) is 3.10. The van der Waals surface area contributed by atoms with Crippen molar-refractivity contribution >= 4 is 23.1 Å². The van der Waals surface area contributed by atoms with E-state index >= 15 is 0 Å². The molecule has 2 aromatic heterocycles. The normalized spacial score (nSPS) is 29.3. The van der Waals surface area contributed by atoms with Gasteiger partial charge < -0.3 is 34.6 Å². The van der Waals surface area contributed by atoms with Crippen LogP contribution in [0.1, 0.15) is 12.6 Å². The minimum absolute atomic E-state index is 0.143. The van der Waals surface area contributed by atoms with E-state index in [4.69, 9.17) is 14.2 Å². The second-order valence-electron chi connectivity index (χ2n) is 7.27. The van der Waals surface area contributed by atoms with Gasteiger partial charge in [0.25, 0.3) is 0 Å². The Bertz CT molecular complexity index is 869. The van der Waals surface area contributed by atoms with Crippen LogP contribution in [0.15, 0.2) is 12.7 Å². The second kappa shape index (κ2) is 8.06. The van der Waals surface area contributed by atoms with Gasteiger partial charge >= 0.3 is 6.09 Å². The Balaban J connectivity index is 1.52. The summed E-state index contributed by atoms with van der Waals surface area (Å²) < 4.78 is 17.7. The van der Waals surface area contributed by atoms with Gasteiger partial charge in [0, 0.05) is 20.7 Å². The lowest BCUT2D eigenvalue weighted by molar-refractivity contribution is -0.0552. The van der Waals surface area contributed by atoms with Crippen LogP contribution in [-0.2, 0) is 14.2 Å². The number of rotatable bonds is 5. The number of fused-ring (bicyclic) bond motifs is 1. The fraction of sp³-hybridized carbons (Fsp3) is 0.647. The Morgan fingerprint density at radius 3 is 2.90 bits per heavy atom. The predicted octanol–water partition coefficient (Wildman–Crippen LogP) is -0.655. The number of imidazole rings is 1. The highest BCUT2D eigenvalue weighted by molar-refractivity contribution is 5.82. The first-order valence-electron chi connectivity index (χ1n) is 9.33. The molecule has 2 fully saturated rings. The van der Waals surface area contributed by atoms with Crippen molar-refractivity contribution in [1.29, 1.82) is 0 Å². The molecule has 0 radical (unpaired) electrons. The van der Waals surface area contributed by atoms with Crippen molar-refractivity contribution in [2.45, 2.75) is 37.0 Å². The molecule has 0 aromatic carbocycles. The summed E-state index contributed by atoms with van der Waals surface area (Å²) in [6.07, 6.45) is -1.12. The number of aromatic nitrogens is 4. The molecule has 0 unspecified atom stereocenters. The quantitative estimate of drug-likeness (QED) is 0.583. The van der Waals surface area contributed by atoms with E-state index in [9.17, 15) is 15.0 Å². The van der Waals surface area contributed by atoms with Crippen LogP contribution >= 0.6 is 0 Å². The van der Waals surface area contributed by atoms with E-state index in [1.165, 1.54) is 22.1 Å². The Labute approximate surface area is 166 Å².